The van der Waals surface area contributed by atoms with Crippen molar-refractivity contribution in [1.29, 1.82) is 0 Å². The number of carboxylic acids is 1. The van der Waals surface area contributed by atoms with E-state index in [1.807, 2.05) is 0 Å². The number of nitrogens with one attached hydrogen (secondary N) is 1. The van der Waals surface area contributed by atoms with Crippen molar-refractivity contribution < 1.29 is 14.7 Å². The summed E-state index contributed by atoms with van der Waals surface area (Å²) >= 11 is 0. The lowest BCUT2D eigenvalue weighted by Gasteiger charge is -2.19. The summed E-state index contributed by atoms with van der Waals surface area (Å²) in [6, 6.07) is 0. The number of hydrogen-bond acceptors (Lipinski definition) is 2. The quantitative estimate of drug-likeness (QED) is 0.591. The Morgan fingerprint density at radius 3 is 2.17 bits per heavy atom. The molecule has 0 aliphatic carbocycles. The van der Waals surface area contributed by atoms with Gasteiger partial charge in [0.1, 0.15) is 0 Å². The molecular weight excluding hydrogens is 230 g/mol. The van der Waals surface area contributed by atoms with Crippen LogP contribution in [-0.2, 0) is 9.59 Å². The fraction of sp³-hybridized carbons (Fsp3) is 0.857. The van der Waals surface area contributed by atoms with Gasteiger partial charge in [-0.25, -0.2) is 0 Å². The second-order valence-corrected chi connectivity index (χ2v) is 5.48. The molecule has 2 N–H and O–H groups in total. The smallest absolute Gasteiger partial charge is 0.310 e. The van der Waals surface area contributed by atoms with Crippen LogP contribution in [0.5, 0.6) is 0 Å². The first-order valence-electron chi connectivity index (χ1n) is 6.90. The van der Waals surface area contributed by atoms with Gasteiger partial charge in [-0.05, 0) is 20.3 Å². The molecule has 0 aromatic rings. The largest absolute Gasteiger partial charge is 0.481 e. The molecule has 0 aromatic carbocycles. The molecule has 0 aromatic heterocycles. The summed E-state index contributed by atoms with van der Waals surface area (Å²) in [6.07, 6.45) is 7.39. The van der Waals surface area contributed by atoms with Gasteiger partial charge in [0.15, 0.2) is 0 Å². The first-order valence-corrected chi connectivity index (χ1v) is 6.90. The van der Waals surface area contributed by atoms with Gasteiger partial charge in [0, 0.05) is 13.0 Å². The summed E-state index contributed by atoms with van der Waals surface area (Å²) in [5, 5.41) is 11.6. The van der Waals surface area contributed by atoms with Crippen molar-refractivity contribution in [2.45, 2.75) is 65.7 Å². The minimum absolute atomic E-state index is 0.0418. The standard InChI is InChI=1S/C14H27NO3/c1-4-5-6-7-8-9-10-12(16)15-11-14(2,3)13(17)18/h4-11H2,1-3H3,(H,15,16)(H,17,18). The number of carbonyl (C=O) groups is 2. The monoisotopic (exact) mass is 257 g/mol. The highest BCUT2D eigenvalue weighted by Crippen LogP contribution is 2.13. The molecule has 0 fully saturated rings. The lowest BCUT2D eigenvalue weighted by atomic mass is 9.94. The Kier molecular flexibility index (Phi) is 8.42. The van der Waals surface area contributed by atoms with Crippen molar-refractivity contribution in [3.8, 4) is 0 Å². The average molecular weight is 257 g/mol. The van der Waals surface area contributed by atoms with Crippen molar-refractivity contribution >= 4 is 11.9 Å². The molecule has 106 valence electrons. The highest BCUT2D eigenvalue weighted by atomic mass is 16.4. The van der Waals surface area contributed by atoms with E-state index in [0.717, 1.165) is 12.8 Å². The second-order valence-electron chi connectivity index (χ2n) is 5.48. The Balaban J connectivity index is 3.58. The van der Waals surface area contributed by atoms with Crippen molar-refractivity contribution in [1.82, 2.24) is 5.32 Å². The third-order valence-corrected chi connectivity index (χ3v) is 3.06. The fourth-order valence-electron chi connectivity index (χ4n) is 1.55. The summed E-state index contributed by atoms with van der Waals surface area (Å²) < 4.78 is 0. The number of aliphatic carboxylic acids is 1. The minimum Gasteiger partial charge on any atom is -0.481 e. The van der Waals surface area contributed by atoms with E-state index in [9.17, 15) is 9.59 Å². The minimum atomic E-state index is -0.892. The topological polar surface area (TPSA) is 66.4 Å². The van der Waals surface area contributed by atoms with Crippen LogP contribution in [0.3, 0.4) is 0 Å². The van der Waals surface area contributed by atoms with Crippen LogP contribution in [0.4, 0.5) is 0 Å². The molecule has 4 nitrogen and oxygen atoms in total. The molecular formula is C14H27NO3. The number of carboxylic acid groups (broad SMARTS) is 1. The molecule has 0 radical (unpaired) electrons. The normalized spacial score (nSPS) is 11.3. The Morgan fingerprint density at radius 1 is 1.06 bits per heavy atom. The fourth-order valence-corrected chi connectivity index (χ4v) is 1.55. The van der Waals surface area contributed by atoms with Crippen molar-refractivity contribution in [2.24, 2.45) is 5.41 Å². The van der Waals surface area contributed by atoms with Crippen LogP contribution in [0.2, 0.25) is 0 Å². The van der Waals surface area contributed by atoms with Crippen molar-refractivity contribution in [2.75, 3.05) is 6.54 Å². The van der Waals surface area contributed by atoms with E-state index < -0.39 is 11.4 Å². The van der Waals surface area contributed by atoms with Crippen LogP contribution in [0.25, 0.3) is 0 Å². The van der Waals surface area contributed by atoms with E-state index in [4.69, 9.17) is 5.11 Å². The first kappa shape index (κ1) is 16.9. The van der Waals surface area contributed by atoms with Crippen molar-refractivity contribution in [3.05, 3.63) is 0 Å². The summed E-state index contributed by atoms with van der Waals surface area (Å²) in [6.45, 7) is 5.59. The predicted octanol–water partition coefficient (Wildman–Crippen LogP) is 2.96. The lowest BCUT2D eigenvalue weighted by Crippen LogP contribution is -2.38. The van der Waals surface area contributed by atoms with Gasteiger partial charge in [0.05, 0.1) is 5.41 Å². The molecule has 0 heterocycles. The number of carbonyl (C=O) groups excluding carboxylic acids is 1. The second kappa shape index (κ2) is 8.95. The summed E-state index contributed by atoms with van der Waals surface area (Å²) in [5.74, 6) is -0.929. The molecule has 18 heavy (non-hydrogen) atoms. The Morgan fingerprint density at radius 2 is 1.61 bits per heavy atom. The molecule has 0 aliphatic heterocycles. The van der Waals surface area contributed by atoms with Gasteiger partial charge in [-0.3, -0.25) is 9.59 Å². The summed E-state index contributed by atoms with van der Waals surface area (Å²) in [7, 11) is 0. The molecule has 0 saturated heterocycles. The van der Waals surface area contributed by atoms with Gasteiger partial charge >= 0.3 is 5.97 Å². The molecule has 0 unspecified atom stereocenters. The van der Waals surface area contributed by atoms with Gasteiger partial charge in [0.2, 0.25) is 5.91 Å². The SMILES string of the molecule is CCCCCCCCC(=O)NCC(C)(C)C(=O)O. The van der Waals surface area contributed by atoms with Crippen LogP contribution in [0, 0.1) is 5.41 Å². The summed E-state index contributed by atoms with van der Waals surface area (Å²) in [5.41, 5.74) is -0.892. The van der Waals surface area contributed by atoms with E-state index in [0.29, 0.717) is 6.42 Å². The Hall–Kier alpha value is -1.06. The maximum Gasteiger partial charge on any atom is 0.310 e. The van der Waals surface area contributed by atoms with E-state index in [-0.39, 0.29) is 12.5 Å². The van der Waals surface area contributed by atoms with Gasteiger partial charge < -0.3 is 10.4 Å². The van der Waals surface area contributed by atoms with E-state index in [1.165, 1.54) is 25.7 Å². The van der Waals surface area contributed by atoms with E-state index >= 15 is 0 Å². The zero-order valence-corrected chi connectivity index (χ0v) is 11.9. The number of rotatable bonds is 10. The molecule has 0 saturated carbocycles. The molecule has 0 spiro atoms. The van der Waals surface area contributed by atoms with Crippen LogP contribution < -0.4 is 5.32 Å². The highest BCUT2D eigenvalue weighted by Gasteiger charge is 2.27. The Labute approximate surface area is 110 Å². The van der Waals surface area contributed by atoms with Crippen LogP contribution in [0.1, 0.15) is 65.7 Å². The first-order chi connectivity index (χ1) is 8.40. The number of hydrogen-bond donors (Lipinski definition) is 2. The lowest BCUT2D eigenvalue weighted by molar-refractivity contribution is -0.146. The highest BCUT2D eigenvalue weighted by molar-refractivity contribution is 5.78. The van der Waals surface area contributed by atoms with E-state index in [1.54, 1.807) is 13.8 Å². The molecule has 0 rings (SSSR count). The predicted molar refractivity (Wildman–Crippen MR) is 72.4 cm³/mol. The third kappa shape index (κ3) is 8.09. The van der Waals surface area contributed by atoms with Crippen LogP contribution in [-0.4, -0.2) is 23.5 Å². The van der Waals surface area contributed by atoms with E-state index in [2.05, 4.69) is 12.2 Å². The van der Waals surface area contributed by atoms with Gasteiger partial charge in [0.25, 0.3) is 0 Å². The molecule has 0 aliphatic rings. The zero-order valence-electron chi connectivity index (χ0n) is 11.9. The van der Waals surface area contributed by atoms with Crippen LogP contribution in [0.15, 0.2) is 0 Å². The van der Waals surface area contributed by atoms with Gasteiger partial charge in [-0.15, -0.1) is 0 Å². The zero-order chi connectivity index (χ0) is 14.0. The molecule has 0 atom stereocenters. The van der Waals surface area contributed by atoms with Gasteiger partial charge in [-0.1, -0.05) is 39.0 Å². The molecule has 4 heteroatoms. The number of amides is 1. The maximum absolute atomic E-state index is 11.5. The Bertz CT molecular complexity index is 262. The van der Waals surface area contributed by atoms with Gasteiger partial charge in [-0.2, -0.15) is 0 Å². The summed E-state index contributed by atoms with van der Waals surface area (Å²) in [4.78, 5) is 22.3. The van der Waals surface area contributed by atoms with Crippen LogP contribution >= 0.6 is 0 Å². The maximum atomic E-state index is 11.5. The average Bonchev–Trinajstić information content (AvgIpc) is 2.31. The molecule has 0 bridgehead atoms. The molecule has 1 amide bonds. The number of unbranched alkanes of at least 4 members (excludes halogenated alkanes) is 5. The third-order valence-electron chi connectivity index (χ3n) is 3.06. The van der Waals surface area contributed by atoms with Crippen molar-refractivity contribution in [3.63, 3.8) is 0 Å².